The third kappa shape index (κ3) is 8.03. The zero-order valence-electron chi connectivity index (χ0n) is 33.6. The highest BCUT2D eigenvalue weighted by Crippen LogP contribution is 2.31. The Hall–Kier alpha value is -7.44. The lowest BCUT2D eigenvalue weighted by molar-refractivity contribution is -0.660. The van der Waals surface area contributed by atoms with Gasteiger partial charge in [-0.1, -0.05) is 72.0 Å². The highest BCUT2D eigenvalue weighted by Gasteiger charge is 2.52. The Morgan fingerprint density at radius 3 is 1.01 bits per heavy atom. The van der Waals surface area contributed by atoms with Crippen LogP contribution in [-0.4, -0.2) is 12.1 Å². The second kappa shape index (κ2) is 19.2. The van der Waals surface area contributed by atoms with Crippen LogP contribution in [0.2, 0.25) is 0 Å². The number of aromatic nitrogens is 1. The third-order valence-electron chi connectivity index (χ3n) is 10.6. The van der Waals surface area contributed by atoms with Gasteiger partial charge in [0.25, 0.3) is 0 Å². The van der Waals surface area contributed by atoms with Crippen molar-refractivity contribution < 1.29 is 102 Å². The lowest BCUT2D eigenvalue weighted by Crippen LogP contribution is -2.81. The molecule has 0 N–H and O–H groups in total. The molecule has 8 rings (SSSR count). The molecular formula is C45H16BF20NO2S. The zero-order chi connectivity index (χ0) is 51.4. The molecule has 0 radical (unpaired) electrons. The van der Waals surface area contributed by atoms with Gasteiger partial charge in [0.2, 0.25) is 5.52 Å². The van der Waals surface area contributed by atoms with Crippen molar-refractivity contribution in [3.63, 3.8) is 0 Å². The van der Waals surface area contributed by atoms with E-state index in [4.69, 9.17) is 4.74 Å². The van der Waals surface area contributed by atoms with Crippen molar-refractivity contribution in [2.45, 2.75) is 6.54 Å². The van der Waals surface area contributed by atoms with E-state index in [1.54, 1.807) is 12.1 Å². The maximum atomic E-state index is 15.4. The van der Waals surface area contributed by atoms with Crippen LogP contribution in [0, 0.1) is 116 Å². The molecule has 0 aliphatic rings. The number of thiazole rings is 1. The van der Waals surface area contributed by atoms with Crippen LogP contribution in [0.5, 0.6) is 5.75 Å². The van der Waals surface area contributed by atoms with Crippen LogP contribution in [0.25, 0.3) is 10.2 Å². The third-order valence-corrected chi connectivity index (χ3v) is 11.8. The monoisotopic (exact) mass is 1030 g/mol. The molecule has 0 fully saturated rings. The van der Waals surface area contributed by atoms with Crippen LogP contribution >= 0.6 is 11.3 Å². The molecule has 0 bridgehead atoms. The van der Waals surface area contributed by atoms with Crippen molar-refractivity contribution in [2.75, 3.05) is 0 Å². The van der Waals surface area contributed by atoms with Crippen molar-refractivity contribution in [1.82, 2.24) is 0 Å². The van der Waals surface area contributed by atoms with Gasteiger partial charge in [0.05, 0.1) is 0 Å². The van der Waals surface area contributed by atoms with E-state index >= 15 is 35.1 Å². The van der Waals surface area contributed by atoms with E-state index in [-0.39, 0.29) is 5.97 Å². The Balaban J connectivity index is 0.000000242. The molecule has 7 aromatic carbocycles. The van der Waals surface area contributed by atoms with Crippen LogP contribution in [0.15, 0.2) is 84.9 Å². The minimum atomic E-state index is -7.22. The summed E-state index contributed by atoms with van der Waals surface area (Å²) in [5, 5.41) is 0.592. The lowest BCUT2D eigenvalue weighted by Gasteiger charge is -2.44. The largest absolute Gasteiger partial charge is 0.420 e. The summed E-state index contributed by atoms with van der Waals surface area (Å²) in [6.45, 7) is 0.629. The number of hydrogen-bond acceptors (Lipinski definition) is 3. The molecule has 362 valence electrons. The van der Waals surface area contributed by atoms with Crippen LogP contribution in [0.1, 0.15) is 15.4 Å². The fourth-order valence-corrected chi connectivity index (χ4v) is 8.66. The number of carbonyl (C=O) groups excluding carboxylic acids is 1. The Bertz CT molecular complexity index is 3030. The van der Waals surface area contributed by atoms with Gasteiger partial charge in [0.1, 0.15) is 63.1 Å². The number of hydrogen-bond donors (Lipinski definition) is 0. The minimum Gasteiger partial charge on any atom is -0.418 e. The summed E-state index contributed by atoms with van der Waals surface area (Å²) in [4.78, 5) is 12.8. The minimum absolute atomic E-state index is 0.330. The fourth-order valence-electron chi connectivity index (χ4n) is 7.62. The second-order valence-corrected chi connectivity index (χ2v) is 15.5. The number of ether oxygens (including phenoxy) is 1. The van der Waals surface area contributed by atoms with E-state index < -0.39 is 144 Å². The van der Waals surface area contributed by atoms with Gasteiger partial charge in [-0.2, -0.15) is 4.57 Å². The van der Waals surface area contributed by atoms with E-state index in [0.29, 0.717) is 17.3 Å². The quantitative estimate of drug-likeness (QED) is 0.0289. The Labute approximate surface area is 381 Å². The summed E-state index contributed by atoms with van der Waals surface area (Å²) >= 11 is 1.46. The van der Waals surface area contributed by atoms with Gasteiger partial charge in [-0.15, -0.1) is 21.9 Å². The summed E-state index contributed by atoms with van der Waals surface area (Å²) in [6, 6.07) is 27.3. The molecule has 1 heterocycles. The summed E-state index contributed by atoms with van der Waals surface area (Å²) in [5.41, 5.74) is -12.1. The molecule has 0 aliphatic heterocycles. The molecule has 25 heteroatoms. The number of rotatable bonds is 8. The number of fused-ring (bicyclic) bond motifs is 1. The van der Waals surface area contributed by atoms with E-state index in [2.05, 4.69) is 12.1 Å². The topological polar surface area (TPSA) is 30.2 Å². The number of benzene rings is 7. The average molecular weight is 1030 g/mol. The molecule has 1 aromatic heterocycles. The highest BCUT2D eigenvalue weighted by molar-refractivity contribution is 7.20. The Morgan fingerprint density at radius 2 is 0.671 bits per heavy atom. The van der Waals surface area contributed by atoms with Crippen LogP contribution < -0.4 is 31.2 Å². The zero-order valence-corrected chi connectivity index (χ0v) is 34.4. The summed E-state index contributed by atoms with van der Waals surface area (Å²) in [7, 11) is 0. The first kappa shape index (κ1) is 50.4. The molecule has 0 saturated carbocycles. The molecule has 0 saturated heterocycles. The van der Waals surface area contributed by atoms with Crippen LogP contribution in [-0.2, 0) is 6.54 Å². The van der Waals surface area contributed by atoms with Crippen LogP contribution in [0.4, 0.5) is 87.8 Å². The van der Waals surface area contributed by atoms with Crippen molar-refractivity contribution in [3.05, 3.63) is 212 Å². The van der Waals surface area contributed by atoms with Crippen molar-refractivity contribution in [3.8, 4) is 5.75 Å². The summed E-state index contributed by atoms with van der Waals surface area (Å²) in [6.07, 6.45) is -7.22. The molecule has 0 atom stereocenters. The molecule has 0 amide bonds. The van der Waals surface area contributed by atoms with Gasteiger partial charge in [0, 0.05) is 11.6 Å². The first-order chi connectivity index (χ1) is 33.0. The van der Waals surface area contributed by atoms with E-state index in [9.17, 15) is 57.5 Å². The Kier molecular flexibility index (Phi) is 13.8. The molecular weight excluding hydrogens is 1010 g/mol. The molecule has 70 heavy (non-hydrogen) atoms. The maximum absolute atomic E-state index is 15.4. The van der Waals surface area contributed by atoms with Gasteiger partial charge in [-0.05, 0) is 18.2 Å². The average Bonchev–Trinajstić information content (AvgIpc) is 3.72. The second-order valence-electron chi connectivity index (χ2n) is 14.4. The number of halogens is 20. The highest BCUT2D eigenvalue weighted by atomic mass is 32.1. The molecule has 3 nitrogen and oxygen atoms in total. The van der Waals surface area contributed by atoms with Gasteiger partial charge >= 0.3 is 11.0 Å². The number of nitrogens with zero attached hydrogens (tertiary/aromatic N) is 1. The molecule has 0 unspecified atom stereocenters. The lowest BCUT2D eigenvalue weighted by atomic mass is 9.12. The summed E-state index contributed by atoms with van der Waals surface area (Å²) < 4.78 is 303. The Morgan fingerprint density at radius 1 is 0.386 bits per heavy atom. The number of para-hydroxylation sites is 2. The van der Waals surface area contributed by atoms with Gasteiger partial charge in [-0.3, -0.25) is 0 Å². The molecule has 0 aliphatic carbocycles. The van der Waals surface area contributed by atoms with E-state index in [1.165, 1.54) is 11.3 Å². The summed E-state index contributed by atoms with van der Waals surface area (Å²) in [5.74, 6) is -71.2. The predicted molar refractivity (Wildman–Crippen MR) is 208 cm³/mol. The van der Waals surface area contributed by atoms with Gasteiger partial charge < -0.3 is 4.74 Å². The van der Waals surface area contributed by atoms with E-state index in [0.717, 1.165) is 15.8 Å². The standard InChI is InChI=1S/C24BF20.C21H16NO2S/c26-5-1(6(27)14(35)21(42)13(5)34)25(2-7(28)15(36)22(43)16(37)8(2)29,3-9(30)17(38)23(44)18(39)10(3)31)4-11(32)19(40)24(45)20(41)12(4)33;23-21(24-17-11-5-2-6-12-17)20-22(15-16-9-3-1-4-10-16)18-13-7-8-14-19(18)25-20/h;1-14H,15H2/q-1;+1. The maximum Gasteiger partial charge on any atom is 0.420 e. The predicted octanol–water partition coefficient (Wildman–Crippen LogP) is 10.3. The van der Waals surface area contributed by atoms with Gasteiger partial charge in [-0.25, -0.2) is 92.6 Å². The number of esters is 1. The van der Waals surface area contributed by atoms with Crippen LogP contribution in [0.3, 0.4) is 0 Å². The van der Waals surface area contributed by atoms with Crippen molar-refractivity contribution in [1.29, 1.82) is 0 Å². The van der Waals surface area contributed by atoms with Crippen molar-refractivity contribution in [2.24, 2.45) is 0 Å². The smallest absolute Gasteiger partial charge is 0.418 e. The van der Waals surface area contributed by atoms with E-state index in [1.807, 2.05) is 65.2 Å². The SMILES string of the molecule is Fc1c(F)c(F)c([B-](c2c(F)c(F)c(F)c(F)c2F)(c2c(F)c(F)c(F)c(F)c2F)c2c(F)c(F)c(F)c(F)c2F)c(F)c1F.O=C(Oc1ccccc1)c1sc2ccccc2[n+]1Cc1ccccc1. The van der Waals surface area contributed by atoms with Crippen molar-refractivity contribution >= 4 is 55.5 Å². The van der Waals surface area contributed by atoms with Gasteiger partial charge in [0.15, 0.2) is 76.4 Å². The first-order valence-electron chi connectivity index (χ1n) is 19.0. The molecule has 8 aromatic rings. The molecule has 0 spiro atoms. The fraction of sp³-hybridized carbons (Fsp3) is 0.0222. The normalized spacial score (nSPS) is 11.5. The first-order valence-corrected chi connectivity index (χ1v) is 19.8. The number of carbonyl (C=O) groups is 1.